The smallest absolute Gasteiger partial charge is 0.231 e. The van der Waals surface area contributed by atoms with Gasteiger partial charge in [0.15, 0.2) is 16.3 Å². The number of rotatable bonds is 1. The van der Waals surface area contributed by atoms with Crippen LogP contribution in [0.2, 0.25) is 0 Å². The molecule has 2 aliphatic rings. The van der Waals surface area contributed by atoms with Gasteiger partial charge >= 0.3 is 0 Å². The van der Waals surface area contributed by atoms with Crippen LogP contribution in [0.5, 0.6) is 17.4 Å². The maximum absolute atomic E-state index is 10.7. The molecule has 140 valence electrons. The number of hydrogen-bond donors (Lipinski definition) is 2. The first-order valence-electron chi connectivity index (χ1n) is 9.11. The molecule has 2 aromatic carbocycles. The Balaban J connectivity index is 1.68. The number of para-hydroxylation sites is 1. The molecule has 0 amide bonds. The van der Waals surface area contributed by atoms with Crippen LogP contribution < -0.4 is 9.47 Å². The van der Waals surface area contributed by atoms with E-state index in [4.69, 9.17) is 21.7 Å². The van der Waals surface area contributed by atoms with Crippen molar-refractivity contribution in [3.8, 4) is 17.4 Å². The highest BCUT2D eigenvalue weighted by Crippen LogP contribution is 2.44. The van der Waals surface area contributed by atoms with Crippen molar-refractivity contribution in [2.24, 2.45) is 7.05 Å². The number of aromatic amines is 1. The average molecular weight is 391 g/mol. The Bertz CT molecular complexity index is 1330. The summed E-state index contributed by atoms with van der Waals surface area (Å²) in [4.78, 5) is 3.60. The molecule has 1 atom stereocenters. The minimum absolute atomic E-state index is 0.180. The molecule has 0 saturated carbocycles. The van der Waals surface area contributed by atoms with Crippen LogP contribution in [-0.4, -0.2) is 26.0 Å². The standard InChI is InChI=1S/C21H17N3O3S/c1-23-20(25)15-9-13-12-4-2-3-5-14(12)22-18(13)19(24(15)21(23)28)11-6-7-16-17(8-11)27-10-26-16/h2-8,19,22,25H,9-10H2,1H3/t19-/m1/s1. The number of aromatic nitrogens is 3. The zero-order valence-electron chi connectivity index (χ0n) is 15.1. The van der Waals surface area contributed by atoms with Crippen LogP contribution >= 0.6 is 12.2 Å². The molecular weight excluding hydrogens is 374 g/mol. The monoisotopic (exact) mass is 391 g/mol. The molecule has 6 nitrogen and oxygen atoms in total. The van der Waals surface area contributed by atoms with Gasteiger partial charge in [0.1, 0.15) is 6.04 Å². The van der Waals surface area contributed by atoms with E-state index in [0.717, 1.165) is 34.0 Å². The number of benzene rings is 2. The predicted octanol–water partition coefficient (Wildman–Crippen LogP) is 4.01. The van der Waals surface area contributed by atoms with Crippen molar-refractivity contribution in [3.05, 3.63) is 69.8 Å². The molecular formula is C21H17N3O3S. The van der Waals surface area contributed by atoms with Gasteiger partial charge in [0.05, 0.1) is 5.69 Å². The van der Waals surface area contributed by atoms with Crippen LogP contribution in [0.4, 0.5) is 0 Å². The molecule has 0 spiro atoms. The predicted molar refractivity (Wildman–Crippen MR) is 107 cm³/mol. The molecule has 0 aliphatic carbocycles. The Kier molecular flexibility index (Phi) is 3.06. The van der Waals surface area contributed by atoms with E-state index in [1.54, 1.807) is 11.6 Å². The van der Waals surface area contributed by atoms with Crippen molar-refractivity contribution in [2.75, 3.05) is 6.79 Å². The molecule has 0 radical (unpaired) electrons. The summed E-state index contributed by atoms with van der Waals surface area (Å²) in [6.07, 6.45) is 0.622. The summed E-state index contributed by atoms with van der Waals surface area (Å²) < 4.78 is 15.4. The number of nitrogens with zero attached hydrogens (tertiary/aromatic N) is 2. The summed E-state index contributed by atoms with van der Waals surface area (Å²) in [7, 11) is 1.80. The lowest BCUT2D eigenvalue weighted by molar-refractivity contribution is 0.174. The van der Waals surface area contributed by atoms with E-state index < -0.39 is 0 Å². The van der Waals surface area contributed by atoms with Gasteiger partial charge in [-0.25, -0.2) is 0 Å². The molecule has 0 bridgehead atoms. The maximum atomic E-state index is 10.7. The second-order valence-electron chi connectivity index (χ2n) is 7.24. The van der Waals surface area contributed by atoms with Gasteiger partial charge in [-0.1, -0.05) is 24.3 Å². The third-order valence-electron chi connectivity index (χ3n) is 5.79. The molecule has 7 heteroatoms. The van der Waals surface area contributed by atoms with Gasteiger partial charge < -0.3 is 24.1 Å². The van der Waals surface area contributed by atoms with E-state index in [0.29, 0.717) is 11.2 Å². The molecule has 28 heavy (non-hydrogen) atoms. The Morgan fingerprint density at radius 3 is 2.86 bits per heavy atom. The number of H-pyrrole nitrogens is 1. The topological polar surface area (TPSA) is 64.3 Å². The summed E-state index contributed by atoms with van der Waals surface area (Å²) in [6.45, 7) is 0.234. The van der Waals surface area contributed by atoms with Crippen molar-refractivity contribution in [2.45, 2.75) is 12.5 Å². The van der Waals surface area contributed by atoms with Crippen molar-refractivity contribution < 1.29 is 14.6 Å². The van der Waals surface area contributed by atoms with E-state index in [2.05, 4.69) is 17.1 Å². The molecule has 4 aromatic rings. The van der Waals surface area contributed by atoms with Crippen LogP contribution in [0.15, 0.2) is 42.5 Å². The number of imidazole rings is 1. The largest absolute Gasteiger partial charge is 0.493 e. The lowest BCUT2D eigenvalue weighted by atomic mass is 9.93. The Morgan fingerprint density at radius 1 is 1.14 bits per heavy atom. The van der Waals surface area contributed by atoms with Gasteiger partial charge in [0, 0.05) is 30.1 Å². The van der Waals surface area contributed by atoms with Crippen LogP contribution in [0.25, 0.3) is 10.9 Å². The first-order chi connectivity index (χ1) is 13.6. The molecule has 6 rings (SSSR count). The summed E-state index contributed by atoms with van der Waals surface area (Å²) in [6, 6.07) is 14.0. The van der Waals surface area contributed by atoms with E-state index >= 15 is 0 Å². The van der Waals surface area contributed by atoms with E-state index in [1.807, 2.05) is 34.9 Å². The van der Waals surface area contributed by atoms with Gasteiger partial charge in [-0.2, -0.15) is 0 Å². The summed E-state index contributed by atoms with van der Waals surface area (Å²) >= 11 is 5.68. The van der Waals surface area contributed by atoms with Gasteiger partial charge in [-0.3, -0.25) is 4.57 Å². The third kappa shape index (κ3) is 1.94. The third-order valence-corrected chi connectivity index (χ3v) is 6.27. The molecule has 0 unspecified atom stereocenters. The molecule has 2 N–H and O–H groups in total. The van der Waals surface area contributed by atoms with Crippen molar-refractivity contribution in [1.29, 1.82) is 0 Å². The van der Waals surface area contributed by atoms with Crippen molar-refractivity contribution in [3.63, 3.8) is 0 Å². The fourth-order valence-electron chi connectivity index (χ4n) is 4.44. The van der Waals surface area contributed by atoms with Crippen LogP contribution in [0, 0.1) is 4.77 Å². The number of hydrogen-bond acceptors (Lipinski definition) is 4. The van der Waals surface area contributed by atoms with Crippen LogP contribution in [0.1, 0.15) is 28.6 Å². The summed E-state index contributed by atoms with van der Waals surface area (Å²) in [5.41, 5.74) is 5.22. The first kappa shape index (κ1) is 15.8. The number of fused-ring (bicyclic) bond motifs is 5. The zero-order valence-corrected chi connectivity index (χ0v) is 15.9. The molecule has 0 fully saturated rings. The van der Waals surface area contributed by atoms with Gasteiger partial charge in [-0.15, -0.1) is 0 Å². The average Bonchev–Trinajstić information content (AvgIpc) is 3.38. The summed E-state index contributed by atoms with van der Waals surface area (Å²) in [5.74, 6) is 1.69. The van der Waals surface area contributed by atoms with Crippen LogP contribution in [0.3, 0.4) is 0 Å². The lowest BCUT2D eigenvalue weighted by Gasteiger charge is -2.26. The van der Waals surface area contributed by atoms with E-state index in [9.17, 15) is 5.11 Å². The van der Waals surface area contributed by atoms with Crippen molar-refractivity contribution in [1.82, 2.24) is 14.1 Å². The van der Waals surface area contributed by atoms with Gasteiger partial charge in [0.25, 0.3) is 0 Å². The molecule has 4 heterocycles. The highest BCUT2D eigenvalue weighted by molar-refractivity contribution is 7.71. The second-order valence-corrected chi connectivity index (χ2v) is 7.60. The molecule has 2 aliphatic heterocycles. The Morgan fingerprint density at radius 2 is 1.96 bits per heavy atom. The number of nitrogens with one attached hydrogen (secondary N) is 1. The van der Waals surface area contributed by atoms with Crippen LogP contribution in [-0.2, 0) is 13.5 Å². The highest BCUT2D eigenvalue weighted by atomic mass is 32.1. The molecule has 0 saturated heterocycles. The SMILES string of the molecule is Cn1c(O)c2n(c1=S)[C@H](c1ccc3c(c1)OCO3)c1[nH]c3ccccc3c1C2. The molecule has 2 aromatic heterocycles. The Labute approximate surface area is 165 Å². The van der Waals surface area contributed by atoms with Gasteiger partial charge in [-0.05, 0) is 41.5 Å². The number of aromatic hydroxyl groups is 1. The first-order valence-corrected chi connectivity index (χ1v) is 9.52. The zero-order chi connectivity index (χ0) is 19.0. The van der Waals surface area contributed by atoms with E-state index in [1.165, 1.54) is 10.9 Å². The minimum Gasteiger partial charge on any atom is -0.493 e. The Hall–Kier alpha value is -3.19. The van der Waals surface area contributed by atoms with Gasteiger partial charge in [0.2, 0.25) is 12.7 Å². The fourth-order valence-corrected chi connectivity index (χ4v) is 4.74. The quantitative estimate of drug-likeness (QED) is 0.424. The lowest BCUT2D eigenvalue weighted by Crippen LogP contribution is -2.21. The second kappa shape index (κ2) is 5.42. The maximum Gasteiger partial charge on any atom is 0.231 e. The van der Waals surface area contributed by atoms with Crippen molar-refractivity contribution >= 4 is 23.1 Å². The normalized spacial score (nSPS) is 17.0. The highest BCUT2D eigenvalue weighted by Gasteiger charge is 2.34. The summed E-state index contributed by atoms with van der Waals surface area (Å²) in [5, 5.41) is 11.9. The minimum atomic E-state index is -0.180. The number of ether oxygens (including phenoxy) is 2. The fraction of sp³-hybridized carbons (Fsp3) is 0.190. The van der Waals surface area contributed by atoms with E-state index in [-0.39, 0.29) is 18.7 Å².